The predicted octanol–water partition coefficient (Wildman–Crippen LogP) is 2.72. The highest BCUT2D eigenvalue weighted by molar-refractivity contribution is 6.29. The van der Waals surface area contributed by atoms with Gasteiger partial charge in [0.2, 0.25) is 11.7 Å². The Balaban J connectivity index is 3.33. The van der Waals surface area contributed by atoms with Crippen molar-refractivity contribution in [1.29, 1.82) is 0 Å². The lowest BCUT2D eigenvalue weighted by molar-refractivity contribution is -0.426. The van der Waals surface area contributed by atoms with Gasteiger partial charge in [0.25, 0.3) is 0 Å². The van der Waals surface area contributed by atoms with Crippen LogP contribution in [0.5, 0.6) is 0 Å². The zero-order chi connectivity index (χ0) is 11.0. The normalized spacial score (nSPS) is 24.5. The van der Waals surface area contributed by atoms with Crippen molar-refractivity contribution in [2.45, 2.75) is 6.17 Å². The Morgan fingerprint density at radius 3 is 2.21 bits per heavy atom. The number of nitro groups is 1. The van der Waals surface area contributed by atoms with Crippen LogP contribution in [0.15, 0.2) is 23.2 Å². The summed E-state index contributed by atoms with van der Waals surface area (Å²) in [5, 5.41) is 8.65. The Morgan fingerprint density at radius 1 is 1.29 bits per heavy atom. The second-order valence-electron chi connectivity index (χ2n) is 2.29. The van der Waals surface area contributed by atoms with Crippen LogP contribution in [0.4, 0.5) is 17.6 Å². The summed E-state index contributed by atoms with van der Waals surface area (Å²) in [7, 11) is 0. The van der Waals surface area contributed by atoms with Crippen molar-refractivity contribution < 1.29 is 22.5 Å². The zero-order valence-corrected chi connectivity index (χ0v) is 6.99. The molecule has 0 saturated carbocycles. The van der Waals surface area contributed by atoms with E-state index in [4.69, 9.17) is 11.6 Å². The first kappa shape index (κ1) is 11.0. The standard InChI is InChI=1S/C6HClF4NO2/c7-1-2(8)4(10)6(12(13)14)5(11)3(1)9/h2H. The molecule has 1 unspecified atom stereocenters. The topological polar surface area (TPSA) is 43.1 Å². The number of allylic oxidation sites excluding steroid dienone is 3. The summed E-state index contributed by atoms with van der Waals surface area (Å²) in [6, 6.07) is 0. The molecule has 0 N–H and O–H groups in total. The van der Waals surface area contributed by atoms with Gasteiger partial charge < -0.3 is 0 Å². The highest BCUT2D eigenvalue weighted by atomic mass is 35.5. The monoisotopic (exact) mass is 230 g/mol. The van der Waals surface area contributed by atoms with Crippen LogP contribution in [0.1, 0.15) is 0 Å². The molecule has 0 fully saturated rings. The molecular formula is C6HClF4NO2. The Bertz CT molecular complexity index is 354. The Kier molecular flexibility index (Phi) is 2.79. The van der Waals surface area contributed by atoms with Gasteiger partial charge in [-0.1, -0.05) is 0 Å². The average Bonchev–Trinajstić information content (AvgIpc) is 2.11. The zero-order valence-electron chi connectivity index (χ0n) is 6.23. The molecule has 0 aliphatic heterocycles. The second-order valence-corrected chi connectivity index (χ2v) is 2.70. The van der Waals surface area contributed by atoms with Crippen LogP contribution in [0.2, 0.25) is 0 Å². The Labute approximate surface area is 79.8 Å². The van der Waals surface area contributed by atoms with Crippen molar-refractivity contribution >= 4 is 11.6 Å². The minimum absolute atomic E-state index is 1.37. The summed E-state index contributed by atoms with van der Waals surface area (Å²) in [5.41, 5.74) is -1.86. The third-order valence-electron chi connectivity index (χ3n) is 1.46. The van der Waals surface area contributed by atoms with Crippen molar-refractivity contribution in [3.05, 3.63) is 38.7 Å². The first-order valence-corrected chi connectivity index (χ1v) is 3.52. The smallest absolute Gasteiger partial charge is 0.258 e. The van der Waals surface area contributed by atoms with E-state index in [0.717, 1.165) is 0 Å². The van der Waals surface area contributed by atoms with Gasteiger partial charge in [-0.3, -0.25) is 10.1 Å². The van der Waals surface area contributed by atoms with Crippen LogP contribution in [0, 0.1) is 15.5 Å². The fourth-order valence-corrected chi connectivity index (χ4v) is 1.00. The van der Waals surface area contributed by atoms with Gasteiger partial charge in [0.1, 0.15) is 0 Å². The van der Waals surface area contributed by atoms with E-state index in [0.29, 0.717) is 0 Å². The molecule has 77 valence electrons. The average molecular weight is 231 g/mol. The minimum atomic E-state index is -2.82. The molecule has 3 nitrogen and oxygen atoms in total. The Morgan fingerprint density at radius 2 is 1.79 bits per heavy atom. The van der Waals surface area contributed by atoms with E-state index < -0.39 is 39.6 Å². The van der Waals surface area contributed by atoms with E-state index in [1.807, 2.05) is 0 Å². The quantitative estimate of drug-likeness (QED) is 0.395. The molecule has 0 heterocycles. The Hall–Kier alpha value is -1.11. The molecule has 1 atom stereocenters. The van der Waals surface area contributed by atoms with E-state index in [9.17, 15) is 27.7 Å². The largest absolute Gasteiger partial charge is 0.341 e. The second kappa shape index (κ2) is 3.56. The summed E-state index contributed by atoms with van der Waals surface area (Å²) < 4.78 is 50.6. The van der Waals surface area contributed by atoms with Gasteiger partial charge in [-0.25, -0.2) is 13.2 Å². The van der Waals surface area contributed by atoms with Gasteiger partial charge in [0, 0.05) is 0 Å². The third-order valence-corrected chi connectivity index (χ3v) is 1.82. The fraction of sp³-hybridized carbons (Fsp3) is 0.167. The van der Waals surface area contributed by atoms with Crippen LogP contribution in [0.25, 0.3) is 0 Å². The van der Waals surface area contributed by atoms with E-state index in [-0.39, 0.29) is 0 Å². The summed E-state index contributed by atoms with van der Waals surface area (Å²) in [6.45, 7) is 0. The molecule has 1 aliphatic carbocycles. The SMILES string of the molecule is O=[N+]([O-])C1=C(F)C(F)[C](Cl)C(F)=C1F. The first-order valence-electron chi connectivity index (χ1n) is 3.14. The van der Waals surface area contributed by atoms with E-state index in [1.165, 1.54) is 0 Å². The number of alkyl halides is 1. The molecular weight excluding hydrogens is 230 g/mol. The van der Waals surface area contributed by atoms with E-state index >= 15 is 0 Å². The summed E-state index contributed by atoms with van der Waals surface area (Å²) in [4.78, 5) is 8.47. The van der Waals surface area contributed by atoms with Crippen molar-refractivity contribution in [2.24, 2.45) is 0 Å². The van der Waals surface area contributed by atoms with Crippen LogP contribution in [-0.2, 0) is 0 Å². The lowest BCUT2D eigenvalue weighted by Gasteiger charge is -2.15. The summed E-state index contributed by atoms with van der Waals surface area (Å²) >= 11 is 4.85. The van der Waals surface area contributed by atoms with Crippen molar-refractivity contribution in [2.75, 3.05) is 0 Å². The highest BCUT2D eigenvalue weighted by Crippen LogP contribution is 2.42. The number of nitrogens with zero attached hydrogens (tertiary/aromatic N) is 1. The highest BCUT2D eigenvalue weighted by Gasteiger charge is 2.45. The van der Waals surface area contributed by atoms with Crippen LogP contribution in [-0.4, -0.2) is 11.1 Å². The summed E-state index contributed by atoms with van der Waals surface area (Å²) in [5.74, 6) is -6.10. The van der Waals surface area contributed by atoms with E-state index in [2.05, 4.69) is 0 Å². The molecule has 14 heavy (non-hydrogen) atoms. The van der Waals surface area contributed by atoms with Crippen LogP contribution < -0.4 is 0 Å². The molecule has 0 saturated heterocycles. The molecule has 0 spiro atoms. The molecule has 8 heteroatoms. The number of rotatable bonds is 1. The number of hydrogen-bond acceptors (Lipinski definition) is 2. The van der Waals surface area contributed by atoms with Crippen molar-refractivity contribution in [1.82, 2.24) is 0 Å². The maximum Gasteiger partial charge on any atom is 0.341 e. The molecule has 0 aromatic carbocycles. The fourth-order valence-electron chi connectivity index (χ4n) is 0.824. The molecule has 0 amide bonds. The van der Waals surface area contributed by atoms with Gasteiger partial charge >= 0.3 is 5.70 Å². The minimum Gasteiger partial charge on any atom is -0.258 e. The van der Waals surface area contributed by atoms with Crippen molar-refractivity contribution in [3.8, 4) is 0 Å². The van der Waals surface area contributed by atoms with Gasteiger partial charge in [-0.15, -0.1) is 11.6 Å². The van der Waals surface area contributed by atoms with Gasteiger partial charge in [-0.05, 0) is 0 Å². The third kappa shape index (κ3) is 1.47. The lowest BCUT2D eigenvalue weighted by Crippen LogP contribution is -2.21. The molecule has 0 bridgehead atoms. The van der Waals surface area contributed by atoms with Crippen LogP contribution in [0.3, 0.4) is 0 Å². The first-order chi connectivity index (χ1) is 6.37. The molecule has 1 aliphatic rings. The van der Waals surface area contributed by atoms with Gasteiger partial charge in [0.15, 0.2) is 17.4 Å². The van der Waals surface area contributed by atoms with Gasteiger partial charge in [0.05, 0.1) is 4.92 Å². The maximum atomic E-state index is 12.7. The van der Waals surface area contributed by atoms with Crippen molar-refractivity contribution in [3.63, 3.8) is 0 Å². The molecule has 0 aromatic rings. The molecule has 1 rings (SSSR count). The van der Waals surface area contributed by atoms with E-state index in [1.54, 1.807) is 0 Å². The number of halogens is 5. The maximum absolute atomic E-state index is 12.7. The van der Waals surface area contributed by atoms with Gasteiger partial charge in [-0.2, -0.15) is 4.39 Å². The lowest BCUT2D eigenvalue weighted by atomic mass is 10.1. The number of hydrogen-bond donors (Lipinski definition) is 0. The molecule has 1 radical (unpaired) electrons. The molecule has 0 aromatic heterocycles. The predicted molar refractivity (Wildman–Crippen MR) is 38.4 cm³/mol. The van der Waals surface area contributed by atoms with Crippen LogP contribution >= 0.6 is 11.6 Å². The summed E-state index contributed by atoms with van der Waals surface area (Å²) in [6.07, 6.45) is -2.82.